The van der Waals surface area contributed by atoms with Crippen LogP contribution in [-0.2, 0) is 4.79 Å². The first-order valence-electron chi connectivity index (χ1n) is 3.69. The van der Waals surface area contributed by atoms with Crippen LogP contribution in [0.5, 0.6) is 0 Å². The van der Waals surface area contributed by atoms with Crippen LogP contribution in [0.15, 0.2) is 16.7 Å². The van der Waals surface area contributed by atoms with Gasteiger partial charge < -0.3 is 15.9 Å². The molecule has 1 aromatic heterocycles. The third kappa shape index (κ3) is 1.85. The van der Waals surface area contributed by atoms with E-state index in [2.05, 4.69) is 0 Å². The molecule has 0 spiro atoms. The number of hydrogen-bond acceptors (Lipinski definition) is 3. The number of carbonyl (C=O) groups is 1. The Morgan fingerprint density at radius 3 is 2.83 bits per heavy atom. The van der Waals surface area contributed by atoms with Gasteiger partial charge in [0.05, 0.1) is 12.3 Å². The van der Waals surface area contributed by atoms with Crippen LogP contribution in [0.2, 0.25) is 0 Å². The van der Waals surface area contributed by atoms with E-state index in [1.54, 1.807) is 12.3 Å². The lowest BCUT2D eigenvalue weighted by Gasteiger charge is -2.06. The second kappa shape index (κ2) is 3.40. The second-order valence-electron chi connectivity index (χ2n) is 2.74. The quantitative estimate of drug-likeness (QED) is 0.688. The minimum absolute atomic E-state index is 0.119. The molecule has 0 saturated heterocycles. The van der Waals surface area contributed by atoms with E-state index in [1.165, 1.54) is 0 Å². The standard InChI is InChI=1S/C8H12N2O2/c1-5-2-3-12-8(5)6(9)4-7(10)11/h2-3,6H,4,9H2,1H3,(H2,10,11)/t6-/m1/s1. The van der Waals surface area contributed by atoms with Crippen LogP contribution in [0.3, 0.4) is 0 Å². The van der Waals surface area contributed by atoms with Crippen LogP contribution >= 0.6 is 0 Å². The SMILES string of the molecule is Cc1ccoc1[C@H](N)CC(N)=O. The summed E-state index contributed by atoms with van der Waals surface area (Å²) in [5.41, 5.74) is 11.6. The first-order chi connectivity index (χ1) is 5.61. The zero-order valence-electron chi connectivity index (χ0n) is 6.91. The fourth-order valence-electron chi connectivity index (χ4n) is 1.07. The van der Waals surface area contributed by atoms with Crippen LogP contribution in [0.25, 0.3) is 0 Å². The summed E-state index contributed by atoms with van der Waals surface area (Å²) in [7, 11) is 0. The van der Waals surface area contributed by atoms with Crippen molar-refractivity contribution in [1.29, 1.82) is 0 Å². The van der Waals surface area contributed by atoms with E-state index in [1.807, 2.05) is 6.92 Å². The van der Waals surface area contributed by atoms with Crippen molar-refractivity contribution in [2.24, 2.45) is 11.5 Å². The maximum absolute atomic E-state index is 10.5. The molecule has 4 nitrogen and oxygen atoms in total. The second-order valence-corrected chi connectivity index (χ2v) is 2.74. The highest BCUT2D eigenvalue weighted by molar-refractivity contribution is 5.74. The molecule has 0 fully saturated rings. The van der Waals surface area contributed by atoms with Crippen LogP contribution in [-0.4, -0.2) is 5.91 Å². The Morgan fingerprint density at radius 2 is 2.42 bits per heavy atom. The van der Waals surface area contributed by atoms with Crippen LogP contribution < -0.4 is 11.5 Å². The largest absolute Gasteiger partial charge is 0.467 e. The smallest absolute Gasteiger partial charge is 0.219 e. The van der Waals surface area contributed by atoms with Gasteiger partial charge in [-0.25, -0.2) is 0 Å². The van der Waals surface area contributed by atoms with Gasteiger partial charge in [-0.3, -0.25) is 4.79 Å². The summed E-state index contributed by atoms with van der Waals surface area (Å²) >= 11 is 0. The van der Waals surface area contributed by atoms with Crippen molar-refractivity contribution in [2.75, 3.05) is 0 Å². The summed E-state index contributed by atoms with van der Waals surface area (Å²) in [4.78, 5) is 10.5. The van der Waals surface area contributed by atoms with E-state index < -0.39 is 11.9 Å². The molecule has 12 heavy (non-hydrogen) atoms. The number of amides is 1. The Labute approximate surface area is 70.5 Å². The zero-order valence-corrected chi connectivity index (χ0v) is 6.91. The van der Waals surface area contributed by atoms with E-state index in [-0.39, 0.29) is 6.42 Å². The summed E-state index contributed by atoms with van der Waals surface area (Å²) in [5, 5.41) is 0. The molecule has 66 valence electrons. The highest BCUT2D eigenvalue weighted by Crippen LogP contribution is 2.18. The summed E-state index contributed by atoms with van der Waals surface area (Å²) < 4.78 is 5.09. The van der Waals surface area contributed by atoms with Crippen LogP contribution in [0.1, 0.15) is 23.8 Å². The van der Waals surface area contributed by atoms with Crippen molar-refractivity contribution in [3.8, 4) is 0 Å². The molecule has 0 aliphatic heterocycles. The Balaban J connectivity index is 2.71. The van der Waals surface area contributed by atoms with Gasteiger partial charge in [0, 0.05) is 6.42 Å². The van der Waals surface area contributed by atoms with E-state index in [9.17, 15) is 4.79 Å². The fraction of sp³-hybridized carbons (Fsp3) is 0.375. The molecule has 0 radical (unpaired) electrons. The molecule has 1 atom stereocenters. The van der Waals surface area contributed by atoms with Crippen molar-refractivity contribution in [1.82, 2.24) is 0 Å². The maximum atomic E-state index is 10.5. The molecule has 1 rings (SSSR count). The topological polar surface area (TPSA) is 82.2 Å². The van der Waals surface area contributed by atoms with E-state index >= 15 is 0 Å². The number of aryl methyl sites for hydroxylation is 1. The van der Waals surface area contributed by atoms with Crippen LogP contribution in [0, 0.1) is 6.92 Å². The Morgan fingerprint density at radius 1 is 1.75 bits per heavy atom. The van der Waals surface area contributed by atoms with Crippen molar-refractivity contribution in [3.05, 3.63) is 23.7 Å². The molecule has 1 amide bonds. The van der Waals surface area contributed by atoms with Gasteiger partial charge in [0.1, 0.15) is 5.76 Å². The van der Waals surface area contributed by atoms with Gasteiger partial charge in [-0.1, -0.05) is 0 Å². The number of primary amides is 1. The first-order valence-corrected chi connectivity index (χ1v) is 3.69. The Bertz CT molecular complexity index is 280. The number of carbonyl (C=O) groups excluding carboxylic acids is 1. The fourth-order valence-corrected chi connectivity index (χ4v) is 1.07. The van der Waals surface area contributed by atoms with Crippen molar-refractivity contribution >= 4 is 5.91 Å². The van der Waals surface area contributed by atoms with Gasteiger partial charge in [-0.15, -0.1) is 0 Å². The Kier molecular flexibility index (Phi) is 2.50. The minimum atomic E-state index is -0.419. The maximum Gasteiger partial charge on any atom is 0.219 e. The predicted molar refractivity (Wildman–Crippen MR) is 44.2 cm³/mol. The molecule has 0 aliphatic rings. The Hall–Kier alpha value is -1.29. The van der Waals surface area contributed by atoms with Gasteiger partial charge >= 0.3 is 0 Å². The average molecular weight is 168 g/mol. The molecule has 1 heterocycles. The summed E-state index contributed by atoms with van der Waals surface area (Å²) in [6.07, 6.45) is 1.67. The highest BCUT2D eigenvalue weighted by Gasteiger charge is 2.14. The molecule has 4 heteroatoms. The normalized spacial score (nSPS) is 12.8. The average Bonchev–Trinajstić information content (AvgIpc) is 2.33. The van der Waals surface area contributed by atoms with Crippen LogP contribution in [0.4, 0.5) is 0 Å². The summed E-state index contributed by atoms with van der Waals surface area (Å²) in [6.45, 7) is 1.87. The van der Waals surface area contributed by atoms with E-state index in [4.69, 9.17) is 15.9 Å². The minimum Gasteiger partial charge on any atom is -0.467 e. The molecule has 4 N–H and O–H groups in total. The molecule has 0 bridgehead atoms. The molecule has 1 aromatic rings. The lowest BCUT2D eigenvalue weighted by Crippen LogP contribution is -2.20. The van der Waals surface area contributed by atoms with Gasteiger partial charge in [0.2, 0.25) is 5.91 Å². The third-order valence-electron chi connectivity index (χ3n) is 1.66. The van der Waals surface area contributed by atoms with Gasteiger partial charge in [0.15, 0.2) is 0 Å². The van der Waals surface area contributed by atoms with Gasteiger partial charge in [-0.2, -0.15) is 0 Å². The monoisotopic (exact) mass is 168 g/mol. The zero-order chi connectivity index (χ0) is 9.14. The lowest BCUT2D eigenvalue weighted by molar-refractivity contribution is -0.118. The molecular weight excluding hydrogens is 156 g/mol. The summed E-state index contributed by atoms with van der Waals surface area (Å²) in [5.74, 6) is 0.215. The molecule has 0 saturated carbocycles. The third-order valence-corrected chi connectivity index (χ3v) is 1.66. The van der Waals surface area contributed by atoms with Crippen molar-refractivity contribution < 1.29 is 9.21 Å². The van der Waals surface area contributed by atoms with E-state index in [0.717, 1.165) is 5.56 Å². The number of nitrogens with two attached hydrogens (primary N) is 2. The number of hydrogen-bond donors (Lipinski definition) is 2. The van der Waals surface area contributed by atoms with E-state index in [0.29, 0.717) is 5.76 Å². The summed E-state index contributed by atoms with van der Waals surface area (Å²) in [6, 6.07) is 1.38. The lowest BCUT2D eigenvalue weighted by atomic mass is 10.1. The molecule has 0 aromatic carbocycles. The first kappa shape index (κ1) is 8.80. The number of furan rings is 1. The molecular formula is C8H12N2O2. The predicted octanol–water partition coefficient (Wildman–Crippen LogP) is 0.463. The van der Waals surface area contributed by atoms with Crippen molar-refractivity contribution in [2.45, 2.75) is 19.4 Å². The highest BCUT2D eigenvalue weighted by atomic mass is 16.3. The van der Waals surface area contributed by atoms with Gasteiger partial charge in [-0.05, 0) is 18.6 Å². The number of rotatable bonds is 3. The van der Waals surface area contributed by atoms with Gasteiger partial charge in [0.25, 0.3) is 0 Å². The van der Waals surface area contributed by atoms with Crippen molar-refractivity contribution in [3.63, 3.8) is 0 Å². The molecule has 0 unspecified atom stereocenters. The molecule has 0 aliphatic carbocycles.